The number of hydrogen-bond donors (Lipinski definition) is 1. The SMILES string of the molecule is O=C(c1cccs1)c1ccccc1C(=O)N1CC[C@H](C(=O)O)C1. The Hall–Kier alpha value is -2.47. The lowest BCUT2D eigenvalue weighted by atomic mass is 10.0. The van der Waals surface area contributed by atoms with Crippen LogP contribution in [0.5, 0.6) is 0 Å². The van der Waals surface area contributed by atoms with Crippen LogP contribution in [0, 0.1) is 5.92 Å². The Bertz CT molecular complexity index is 754. The first-order chi connectivity index (χ1) is 11.1. The first-order valence-electron chi connectivity index (χ1n) is 7.27. The van der Waals surface area contributed by atoms with Gasteiger partial charge in [0.05, 0.1) is 16.4 Å². The lowest BCUT2D eigenvalue weighted by molar-refractivity contribution is -0.141. The topological polar surface area (TPSA) is 74.7 Å². The maximum Gasteiger partial charge on any atom is 0.308 e. The first-order valence-corrected chi connectivity index (χ1v) is 8.15. The number of nitrogens with zero attached hydrogens (tertiary/aromatic N) is 1. The molecule has 1 N–H and O–H groups in total. The van der Waals surface area contributed by atoms with E-state index in [1.165, 1.54) is 16.2 Å². The number of carboxylic acids is 1. The van der Waals surface area contributed by atoms with E-state index in [1.54, 1.807) is 36.4 Å². The van der Waals surface area contributed by atoms with Gasteiger partial charge in [-0.15, -0.1) is 11.3 Å². The Balaban J connectivity index is 1.87. The molecule has 118 valence electrons. The molecule has 0 unspecified atom stereocenters. The van der Waals surface area contributed by atoms with Crippen molar-refractivity contribution in [3.63, 3.8) is 0 Å². The van der Waals surface area contributed by atoms with E-state index in [2.05, 4.69) is 0 Å². The van der Waals surface area contributed by atoms with Gasteiger partial charge in [-0.1, -0.05) is 24.3 Å². The summed E-state index contributed by atoms with van der Waals surface area (Å²) >= 11 is 1.33. The van der Waals surface area contributed by atoms with Crippen molar-refractivity contribution in [3.05, 3.63) is 57.8 Å². The fourth-order valence-electron chi connectivity index (χ4n) is 2.72. The number of carbonyl (C=O) groups excluding carboxylic acids is 2. The normalized spacial score (nSPS) is 17.2. The second-order valence-electron chi connectivity index (χ2n) is 5.43. The highest BCUT2D eigenvalue weighted by atomic mass is 32.1. The lowest BCUT2D eigenvalue weighted by Gasteiger charge is -2.17. The smallest absolute Gasteiger partial charge is 0.308 e. The van der Waals surface area contributed by atoms with Crippen LogP contribution >= 0.6 is 11.3 Å². The van der Waals surface area contributed by atoms with Crippen molar-refractivity contribution in [2.24, 2.45) is 5.92 Å². The molecule has 2 aromatic rings. The Kier molecular flexibility index (Phi) is 4.25. The average molecular weight is 329 g/mol. The minimum Gasteiger partial charge on any atom is -0.481 e. The summed E-state index contributed by atoms with van der Waals surface area (Å²) in [5.74, 6) is -1.88. The quantitative estimate of drug-likeness (QED) is 0.875. The fourth-order valence-corrected chi connectivity index (χ4v) is 3.40. The number of amides is 1. The van der Waals surface area contributed by atoms with Crippen LogP contribution in [0.2, 0.25) is 0 Å². The van der Waals surface area contributed by atoms with Gasteiger partial charge >= 0.3 is 5.97 Å². The fraction of sp³-hybridized carbons (Fsp3) is 0.235. The van der Waals surface area contributed by atoms with Crippen molar-refractivity contribution in [2.75, 3.05) is 13.1 Å². The van der Waals surface area contributed by atoms with Crippen LogP contribution in [0.25, 0.3) is 0 Å². The van der Waals surface area contributed by atoms with Gasteiger partial charge in [0, 0.05) is 18.7 Å². The van der Waals surface area contributed by atoms with E-state index in [9.17, 15) is 14.4 Å². The Morgan fingerprint density at radius 1 is 1.09 bits per heavy atom. The second kappa shape index (κ2) is 6.34. The van der Waals surface area contributed by atoms with Gasteiger partial charge in [0.2, 0.25) is 5.78 Å². The van der Waals surface area contributed by atoms with Crippen molar-refractivity contribution in [1.29, 1.82) is 0 Å². The summed E-state index contributed by atoms with van der Waals surface area (Å²) in [7, 11) is 0. The molecule has 1 aliphatic rings. The largest absolute Gasteiger partial charge is 0.481 e. The summed E-state index contributed by atoms with van der Waals surface area (Å²) in [6.45, 7) is 0.590. The lowest BCUT2D eigenvalue weighted by Crippen LogP contribution is -2.31. The Morgan fingerprint density at radius 3 is 2.43 bits per heavy atom. The molecule has 3 rings (SSSR count). The predicted molar refractivity (Wildman–Crippen MR) is 85.8 cm³/mol. The van der Waals surface area contributed by atoms with Gasteiger partial charge in [0.25, 0.3) is 5.91 Å². The van der Waals surface area contributed by atoms with E-state index in [0.29, 0.717) is 29.0 Å². The zero-order chi connectivity index (χ0) is 16.4. The number of carboxylic acid groups (broad SMARTS) is 1. The van der Waals surface area contributed by atoms with E-state index >= 15 is 0 Å². The highest BCUT2D eigenvalue weighted by molar-refractivity contribution is 7.12. The number of thiophene rings is 1. The molecule has 1 aromatic carbocycles. The highest BCUT2D eigenvalue weighted by Gasteiger charge is 2.32. The molecule has 0 aliphatic carbocycles. The Morgan fingerprint density at radius 2 is 1.83 bits per heavy atom. The minimum atomic E-state index is -0.886. The Labute approximate surface area is 137 Å². The van der Waals surface area contributed by atoms with E-state index in [-0.39, 0.29) is 18.2 Å². The molecule has 0 spiro atoms. The standard InChI is InChI=1S/C17H15NO4S/c19-15(14-6-3-9-23-14)12-4-1-2-5-13(12)16(20)18-8-7-11(10-18)17(21)22/h1-6,9,11H,7-8,10H2,(H,21,22)/t11-/m0/s1. The molecule has 5 nitrogen and oxygen atoms in total. The summed E-state index contributed by atoms with van der Waals surface area (Å²) < 4.78 is 0. The first kappa shape index (κ1) is 15.4. The van der Waals surface area contributed by atoms with Gasteiger partial charge in [-0.25, -0.2) is 0 Å². The van der Waals surface area contributed by atoms with Crippen LogP contribution in [-0.2, 0) is 4.79 Å². The zero-order valence-corrected chi connectivity index (χ0v) is 13.1. The third kappa shape index (κ3) is 3.03. The molecule has 1 aliphatic heterocycles. The average Bonchev–Trinajstić information content (AvgIpc) is 3.24. The van der Waals surface area contributed by atoms with E-state index < -0.39 is 11.9 Å². The number of likely N-dealkylation sites (tertiary alicyclic amines) is 1. The van der Waals surface area contributed by atoms with Crippen LogP contribution in [0.1, 0.15) is 32.0 Å². The summed E-state index contributed by atoms with van der Waals surface area (Å²) in [6, 6.07) is 10.2. The highest BCUT2D eigenvalue weighted by Crippen LogP contribution is 2.23. The minimum absolute atomic E-state index is 0.182. The predicted octanol–water partition coefficient (Wildman–Crippen LogP) is 2.53. The maximum atomic E-state index is 12.7. The number of benzene rings is 1. The number of rotatable bonds is 4. The summed E-state index contributed by atoms with van der Waals surface area (Å²) in [4.78, 5) is 38.4. The molecule has 0 bridgehead atoms. The maximum absolute atomic E-state index is 12.7. The molecule has 2 heterocycles. The summed E-state index contributed by atoms with van der Waals surface area (Å²) in [5.41, 5.74) is 0.690. The van der Waals surface area contributed by atoms with Gasteiger partial charge in [0.15, 0.2) is 0 Å². The molecular formula is C17H15NO4S. The number of aliphatic carboxylic acids is 1. The molecule has 0 radical (unpaired) electrons. The van der Waals surface area contributed by atoms with Crippen molar-refractivity contribution in [2.45, 2.75) is 6.42 Å². The number of hydrogen-bond acceptors (Lipinski definition) is 4. The van der Waals surface area contributed by atoms with E-state index in [4.69, 9.17) is 5.11 Å². The van der Waals surface area contributed by atoms with E-state index in [0.717, 1.165) is 0 Å². The third-order valence-corrected chi connectivity index (χ3v) is 4.84. The van der Waals surface area contributed by atoms with Crippen molar-refractivity contribution < 1.29 is 19.5 Å². The van der Waals surface area contributed by atoms with Gasteiger partial charge in [-0.2, -0.15) is 0 Å². The molecule has 1 aromatic heterocycles. The summed E-state index contributed by atoms with van der Waals surface area (Å²) in [6.07, 6.45) is 0.447. The second-order valence-corrected chi connectivity index (χ2v) is 6.37. The molecule has 23 heavy (non-hydrogen) atoms. The molecule has 6 heteroatoms. The van der Waals surface area contributed by atoms with Crippen LogP contribution in [-0.4, -0.2) is 40.8 Å². The molecular weight excluding hydrogens is 314 g/mol. The van der Waals surface area contributed by atoms with Gasteiger partial charge in [-0.05, 0) is 23.9 Å². The third-order valence-electron chi connectivity index (χ3n) is 3.97. The van der Waals surface area contributed by atoms with Crippen molar-refractivity contribution in [1.82, 2.24) is 4.90 Å². The molecule has 1 saturated heterocycles. The van der Waals surface area contributed by atoms with Crippen LogP contribution in [0.15, 0.2) is 41.8 Å². The molecule has 1 atom stereocenters. The zero-order valence-electron chi connectivity index (χ0n) is 12.3. The molecule has 1 amide bonds. The van der Waals surface area contributed by atoms with Crippen LogP contribution < -0.4 is 0 Å². The molecule has 1 fully saturated rings. The summed E-state index contributed by atoms with van der Waals surface area (Å²) in [5, 5.41) is 10.9. The van der Waals surface area contributed by atoms with Crippen molar-refractivity contribution in [3.8, 4) is 0 Å². The van der Waals surface area contributed by atoms with Gasteiger partial charge < -0.3 is 10.0 Å². The van der Waals surface area contributed by atoms with Gasteiger partial charge in [-0.3, -0.25) is 14.4 Å². The van der Waals surface area contributed by atoms with Crippen molar-refractivity contribution >= 4 is 29.0 Å². The van der Waals surface area contributed by atoms with Crippen LogP contribution in [0.3, 0.4) is 0 Å². The number of ketones is 1. The van der Waals surface area contributed by atoms with E-state index in [1.807, 2.05) is 5.38 Å². The monoisotopic (exact) mass is 329 g/mol. The van der Waals surface area contributed by atoms with Crippen LogP contribution in [0.4, 0.5) is 0 Å². The number of carbonyl (C=O) groups is 3. The van der Waals surface area contributed by atoms with Gasteiger partial charge in [0.1, 0.15) is 0 Å². The molecule has 0 saturated carbocycles.